The zero-order valence-corrected chi connectivity index (χ0v) is 10.2. The van der Waals surface area contributed by atoms with Gasteiger partial charge in [-0.2, -0.15) is 0 Å². The van der Waals surface area contributed by atoms with Gasteiger partial charge in [-0.15, -0.1) is 0 Å². The minimum absolute atomic E-state index is 0.0289. The molecule has 0 aromatic heterocycles. The highest BCUT2D eigenvalue weighted by Crippen LogP contribution is 2.27. The summed E-state index contributed by atoms with van der Waals surface area (Å²) in [5.41, 5.74) is 1.22. The molecular formula is C14H19NO2. The number of hydrogen-bond donors (Lipinski definition) is 1. The van der Waals surface area contributed by atoms with Crippen molar-refractivity contribution in [2.24, 2.45) is 5.92 Å². The molecule has 1 amide bonds. The molecule has 0 aliphatic heterocycles. The van der Waals surface area contributed by atoms with Crippen LogP contribution in [0.3, 0.4) is 0 Å². The summed E-state index contributed by atoms with van der Waals surface area (Å²) in [7, 11) is 0. The summed E-state index contributed by atoms with van der Waals surface area (Å²) in [6, 6.07) is 7.87. The molecule has 1 saturated carbocycles. The SMILES string of the molecule is CCc1cccc(OCC(=O)NCC2CC2)c1. The summed E-state index contributed by atoms with van der Waals surface area (Å²) in [6.45, 7) is 3.01. The molecule has 0 saturated heterocycles. The highest BCUT2D eigenvalue weighted by Gasteiger charge is 2.21. The van der Waals surface area contributed by atoms with Gasteiger partial charge < -0.3 is 10.1 Å². The summed E-state index contributed by atoms with van der Waals surface area (Å²) in [5.74, 6) is 1.45. The maximum atomic E-state index is 11.5. The van der Waals surface area contributed by atoms with Gasteiger partial charge in [0.05, 0.1) is 0 Å². The second-order valence-corrected chi connectivity index (χ2v) is 4.54. The number of carbonyl (C=O) groups is 1. The Kier molecular flexibility index (Phi) is 4.02. The van der Waals surface area contributed by atoms with E-state index in [1.807, 2.05) is 18.2 Å². The third kappa shape index (κ3) is 4.10. The van der Waals surface area contributed by atoms with E-state index in [1.54, 1.807) is 0 Å². The van der Waals surface area contributed by atoms with Gasteiger partial charge in [-0.3, -0.25) is 4.79 Å². The summed E-state index contributed by atoms with van der Waals surface area (Å²) in [6.07, 6.45) is 3.48. The molecule has 1 fully saturated rings. The van der Waals surface area contributed by atoms with Crippen molar-refractivity contribution in [3.05, 3.63) is 29.8 Å². The minimum atomic E-state index is -0.0289. The maximum absolute atomic E-state index is 11.5. The Bertz CT molecular complexity index is 386. The first kappa shape index (κ1) is 12.0. The molecule has 17 heavy (non-hydrogen) atoms. The molecule has 3 heteroatoms. The molecule has 3 nitrogen and oxygen atoms in total. The van der Waals surface area contributed by atoms with Crippen molar-refractivity contribution in [2.45, 2.75) is 26.2 Å². The monoisotopic (exact) mass is 233 g/mol. The third-order valence-corrected chi connectivity index (χ3v) is 2.96. The van der Waals surface area contributed by atoms with Crippen LogP contribution in [-0.4, -0.2) is 19.1 Å². The average Bonchev–Trinajstić information content (AvgIpc) is 3.18. The van der Waals surface area contributed by atoms with E-state index in [0.29, 0.717) is 5.92 Å². The van der Waals surface area contributed by atoms with Crippen LogP contribution < -0.4 is 10.1 Å². The van der Waals surface area contributed by atoms with E-state index in [4.69, 9.17) is 4.74 Å². The molecule has 0 atom stereocenters. The average molecular weight is 233 g/mol. The standard InChI is InChI=1S/C14H19NO2/c1-2-11-4-3-5-13(8-11)17-10-14(16)15-9-12-6-7-12/h3-5,8,12H,2,6-7,9-10H2,1H3,(H,15,16). The Morgan fingerprint density at radius 3 is 3.00 bits per heavy atom. The van der Waals surface area contributed by atoms with Crippen molar-refractivity contribution in [2.75, 3.05) is 13.2 Å². The Morgan fingerprint density at radius 1 is 1.47 bits per heavy atom. The molecule has 92 valence electrons. The van der Waals surface area contributed by atoms with Crippen LogP contribution in [0.25, 0.3) is 0 Å². The largest absolute Gasteiger partial charge is 0.484 e. The number of hydrogen-bond acceptors (Lipinski definition) is 2. The highest BCUT2D eigenvalue weighted by atomic mass is 16.5. The fraction of sp³-hybridized carbons (Fsp3) is 0.500. The van der Waals surface area contributed by atoms with Crippen molar-refractivity contribution in [3.8, 4) is 5.75 Å². The van der Waals surface area contributed by atoms with Gasteiger partial charge >= 0.3 is 0 Å². The lowest BCUT2D eigenvalue weighted by Crippen LogP contribution is -2.30. The van der Waals surface area contributed by atoms with Gasteiger partial charge in [0.25, 0.3) is 5.91 Å². The Hall–Kier alpha value is -1.51. The molecule has 2 rings (SSSR count). The van der Waals surface area contributed by atoms with Crippen LogP contribution in [0.15, 0.2) is 24.3 Å². The Balaban J connectivity index is 1.73. The lowest BCUT2D eigenvalue weighted by molar-refractivity contribution is -0.123. The van der Waals surface area contributed by atoms with Crippen molar-refractivity contribution in [1.82, 2.24) is 5.32 Å². The van der Waals surface area contributed by atoms with Gasteiger partial charge in [0.2, 0.25) is 0 Å². The van der Waals surface area contributed by atoms with E-state index in [1.165, 1.54) is 18.4 Å². The zero-order valence-electron chi connectivity index (χ0n) is 10.2. The normalized spacial score (nSPS) is 14.4. The van der Waals surface area contributed by atoms with Gasteiger partial charge in [-0.1, -0.05) is 19.1 Å². The Labute approximate surface area is 102 Å². The molecule has 0 radical (unpaired) electrons. The van der Waals surface area contributed by atoms with Crippen LogP contribution in [0.1, 0.15) is 25.3 Å². The highest BCUT2D eigenvalue weighted by molar-refractivity contribution is 5.77. The van der Waals surface area contributed by atoms with Crippen molar-refractivity contribution in [3.63, 3.8) is 0 Å². The van der Waals surface area contributed by atoms with Crippen molar-refractivity contribution in [1.29, 1.82) is 0 Å². The molecule has 1 N–H and O–H groups in total. The molecular weight excluding hydrogens is 214 g/mol. The second kappa shape index (κ2) is 5.71. The fourth-order valence-electron chi connectivity index (χ4n) is 1.64. The van der Waals surface area contributed by atoms with Crippen molar-refractivity contribution >= 4 is 5.91 Å². The van der Waals surface area contributed by atoms with Crippen molar-refractivity contribution < 1.29 is 9.53 Å². The second-order valence-electron chi connectivity index (χ2n) is 4.54. The molecule has 0 heterocycles. The predicted molar refractivity (Wildman–Crippen MR) is 67.0 cm³/mol. The maximum Gasteiger partial charge on any atom is 0.257 e. The summed E-state index contributed by atoms with van der Waals surface area (Å²) >= 11 is 0. The summed E-state index contributed by atoms with van der Waals surface area (Å²) < 4.78 is 5.45. The predicted octanol–water partition coefficient (Wildman–Crippen LogP) is 2.15. The smallest absolute Gasteiger partial charge is 0.257 e. The van der Waals surface area contributed by atoms with Crippen LogP contribution >= 0.6 is 0 Å². The zero-order chi connectivity index (χ0) is 12.1. The molecule has 1 aliphatic carbocycles. The number of amides is 1. The van der Waals surface area contributed by atoms with Crippen LogP contribution in [-0.2, 0) is 11.2 Å². The first-order chi connectivity index (χ1) is 8.28. The number of carbonyl (C=O) groups excluding carboxylic acids is 1. The van der Waals surface area contributed by atoms with Crippen LogP contribution in [0.2, 0.25) is 0 Å². The lowest BCUT2D eigenvalue weighted by atomic mass is 10.2. The van der Waals surface area contributed by atoms with Gasteiger partial charge in [-0.05, 0) is 42.9 Å². The minimum Gasteiger partial charge on any atom is -0.484 e. The quantitative estimate of drug-likeness (QED) is 0.817. The number of benzene rings is 1. The van der Waals surface area contributed by atoms with Gasteiger partial charge in [-0.25, -0.2) is 0 Å². The molecule has 1 aliphatic rings. The van der Waals surface area contributed by atoms with Gasteiger partial charge in [0.15, 0.2) is 6.61 Å². The molecule has 0 bridgehead atoms. The van der Waals surface area contributed by atoms with E-state index >= 15 is 0 Å². The van der Waals surface area contributed by atoms with E-state index in [9.17, 15) is 4.79 Å². The first-order valence-corrected chi connectivity index (χ1v) is 6.26. The van der Waals surface area contributed by atoms with Crippen LogP contribution in [0.5, 0.6) is 5.75 Å². The first-order valence-electron chi connectivity index (χ1n) is 6.26. The molecule has 0 unspecified atom stereocenters. The van der Waals surface area contributed by atoms with E-state index < -0.39 is 0 Å². The molecule has 1 aromatic rings. The summed E-state index contributed by atoms with van der Waals surface area (Å²) in [4.78, 5) is 11.5. The van der Waals surface area contributed by atoms with Crippen LogP contribution in [0.4, 0.5) is 0 Å². The van der Waals surface area contributed by atoms with E-state index in [2.05, 4.69) is 18.3 Å². The number of nitrogens with one attached hydrogen (secondary N) is 1. The molecule has 0 spiro atoms. The number of aryl methyl sites for hydroxylation is 1. The molecule has 1 aromatic carbocycles. The van der Waals surface area contributed by atoms with Crippen LogP contribution in [0, 0.1) is 5.92 Å². The van der Waals surface area contributed by atoms with E-state index in [0.717, 1.165) is 18.7 Å². The Morgan fingerprint density at radius 2 is 2.29 bits per heavy atom. The topological polar surface area (TPSA) is 38.3 Å². The lowest BCUT2D eigenvalue weighted by Gasteiger charge is -2.07. The van der Waals surface area contributed by atoms with E-state index in [-0.39, 0.29) is 12.5 Å². The summed E-state index contributed by atoms with van der Waals surface area (Å²) in [5, 5.41) is 2.88. The third-order valence-electron chi connectivity index (χ3n) is 2.96. The van der Waals surface area contributed by atoms with Gasteiger partial charge in [0.1, 0.15) is 5.75 Å². The fourth-order valence-corrected chi connectivity index (χ4v) is 1.64. The van der Waals surface area contributed by atoms with Gasteiger partial charge in [0, 0.05) is 6.54 Å². The number of rotatable bonds is 6. The number of ether oxygens (including phenoxy) is 1.